The molecular weight excluding hydrogens is 199 g/mol. The Bertz CT molecular complexity index is 539. The molecule has 0 aliphatic heterocycles. The predicted octanol–water partition coefficient (Wildman–Crippen LogP) is 3.17. The molecular formula is C10H11FN2S. The van der Waals surface area contributed by atoms with Crippen LogP contribution in [0.4, 0.5) is 4.39 Å². The zero-order valence-corrected chi connectivity index (χ0v) is 8.91. The third-order valence-corrected chi connectivity index (χ3v) is 2.69. The van der Waals surface area contributed by atoms with Gasteiger partial charge in [-0.15, -0.1) is 0 Å². The topological polar surface area (TPSA) is 20.7 Å². The van der Waals surface area contributed by atoms with Crippen LogP contribution in [-0.4, -0.2) is 9.55 Å². The highest BCUT2D eigenvalue weighted by Gasteiger charge is 2.06. The lowest BCUT2D eigenvalue weighted by atomic mass is 10.2. The fraction of sp³-hybridized carbons (Fsp3) is 0.300. The highest BCUT2D eigenvalue weighted by Crippen LogP contribution is 2.18. The Kier molecular flexibility index (Phi) is 2.15. The van der Waals surface area contributed by atoms with E-state index >= 15 is 0 Å². The number of nitrogens with zero attached hydrogens (tertiary/aromatic N) is 1. The quantitative estimate of drug-likeness (QED) is 0.717. The number of aryl methyl sites for hydroxylation is 2. The molecule has 0 saturated heterocycles. The summed E-state index contributed by atoms with van der Waals surface area (Å²) in [6, 6.07) is 3.31. The van der Waals surface area contributed by atoms with Gasteiger partial charge in [0.2, 0.25) is 0 Å². The van der Waals surface area contributed by atoms with Crippen molar-refractivity contribution in [1.29, 1.82) is 0 Å². The average molecular weight is 210 g/mol. The van der Waals surface area contributed by atoms with Gasteiger partial charge in [0.05, 0.1) is 11.0 Å². The molecule has 74 valence electrons. The van der Waals surface area contributed by atoms with E-state index in [4.69, 9.17) is 12.2 Å². The van der Waals surface area contributed by atoms with Crippen LogP contribution in [0.5, 0.6) is 0 Å². The van der Waals surface area contributed by atoms with E-state index in [0.29, 0.717) is 10.3 Å². The van der Waals surface area contributed by atoms with Gasteiger partial charge in [-0.25, -0.2) is 4.39 Å². The Morgan fingerprint density at radius 1 is 1.50 bits per heavy atom. The van der Waals surface area contributed by atoms with Crippen LogP contribution in [0, 0.1) is 17.5 Å². The van der Waals surface area contributed by atoms with Crippen LogP contribution in [0.25, 0.3) is 11.0 Å². The monoisotopic (exact) mass is 210 g/mol. The Morgan fingerprint density at radius 3 is 2.86 bits per heavy atom. The molecule has 2 aromatic rings. The molecule has 0 bridgehead atoms. The second kappa shape index (κ2) is 3.20. The van der Waals surface area contributed by atoms with Crippen molar-refractivity contribution in [2.24, 2.45) is 0 Å². The van der Waals surface area contributed by atoms with Crippen LogP contribution in [-0.2, 0) is 6.54 Å². The van der Waals surface area contributed by atoms with Gasteiger partial charge in [-0.1, -0.05) is 0 Å². The molecule has 0 fully saturated rings. The number of nitrogens with one attached hydrogen (secondary N) is 1. The first kappa shape index (κ1) is 9.40. The van der Waals surface area contributed by atoms with Crippen molar-refractivity contribution >= 4 is 23.3 Å². The SMILES string of the molecule is CCn1c(=S)[nH]c2cc(F)c(C)cc21. The minimum Gasteiger partial charge on any atom is -0.330 e. The first-order valence-electron chi connectivity index (χ1n) is 4.52. The fourth-order valence-electron chi connectivity index (χ4n) is 1.60. The Hall–Kier alpha value is -1.16. The van der Waals surface area contributed by atoms with E-state index in [1.54, 1.807) is 6.92 Å². The molecule has 0 spiro atoms. The maximum absolute atomic E-state index is 13.2. The molecule has 1 heterocycles. The van der Waals surface area contributed by atoms with E-state index < -0.39 is 0 Å². The van der Waals surface area contributed by atoms with Crippen LogP contribution in [0.3, 0.4) is 0 Å². The maximum atomic E-state index is 13.2. The van der Waals surface area contributed by atoms with Crippen LogP contribution >= 0.6 is 12.2 Å². The van der Waals surface area contributed by atoms with Crippen molar-refractivity contribution in [2.75, 3.05) is 0 Å². The molecule has 14 heavy (non-hydrogen) atoms. The molecule has 0 amide bonds. The van der Waals surface area contributed by atoms with E-state index in [2.05, 4.69) is 4.98 Å². The van der Waals surface area contributed by atoms with Crippen LogP contribution in [0.15, 0.2) is 12.1 Å². The number of hydrogen-bond donors (Lipinski definition) is 1. The molecule has 0 atom stereocenters. The molecule has 0 aliphatic rings. The predicted molar refractivity (Wildman–Crippen MR) is 57.5 cm³/mol. The summed E-state index contributed by atoms with van der Waals surface area (Å²) in [7, 11) is 0. The van der Waals surface area contributed by atoms with Gasteiger partial charge >= 0.3 is 0 Å². The number of H-pyrrole nitrogens is 1. The maximum Gasteiger partial charge on any atom is 0.178 e. The minimum absolute atomic E-state index is 0.197. The van der Waals surface area contributed by atoms with E-state index in [-0.39, 0.29) is 5.82 Å². The van der Waals surface area contributed by atoms with Gasteiger partial charge in [-0.3, -0.25) is 0 Å². The number of imidazole rings is 1. The number of benzene rings is 1. The van der Waals surface area contributed by atoms with Crippen molar-refractivity contribution in [3.05, 3.63) is 28.3 Å². The second-order valence-corrected chi connectivity index (χ2v) is 3.68. The lowest BCUT2D eigenvalue weighted by Gasteiger charge is -2.00. The van der Waals surface area contributed by atoms with E-state index in [1.165, 1.54) is 6.07 Å². The summed E-state index contributed by atoms with van der Waals surface area (Å²) in [5, 5.41) is 0. The number of rotatable bonds is 1. The molecule has 2 rings (SSSR count). The summed E-state index contributed by atoms with van der Waals surface area (Å²) in [6.45, 7) is 4.57. The van der Waals surface area contributed by atoms with Crippen molar-refractivity contribution < 1.29 is 4.39 Å². The molecule has 0 aliphatic carbocycles. The number of aromatic nitrogens is 2. The zero-order chi connectivity index (χ0) is 10.3. The molecule has 1 N–H and O–H groups in total. The highest BCUT2D eigenvalue weighted by atomic mass is 32.1. The molecule has 2 nitrogen and oxygen atoms in total. The molecule has 0 radical (unpaired) electrons. The standard InChI is InChI=1S/C10H11FN2S/c1-3-13-9-4-6(2)7(11)5-8(9)12-10(13)14/h4-5H,3H2,1-2H3,(H,12,14). The molecule has 1 aromatic carbocycles. The van der Waals surface area contributed by atoms with Gasteiger partial charge in [0, 0.05) is 6.54 Å². The van der Waals surface area contributed by atoms with Crippen molar-refractivity contribution in [3.8, 4) is 0 Å². The van der Waals surface area contributed by atoms with Crippen LogP contribution in [0.1, 0.15) is 12.5 Å². The molecule has 4 heteroatoms. The van der Waals surface area contributed by atoms with E-state index in [0.717, 1.165) is 17.6 Å². The summed E-state index contributed by atoms with van der Waals surface area (Å²) in [4.78, 5) is 2.98. The number of hydrogen-bond acceptors (Lipinski definition) is 1. The summed E-state index contributed by atoms with van der Waals surface area (Å²) in [5.74, 6) is -0.197. The van der Waals surface area contributed by atoms with Crippen LogP contribution in [0.2, 0.25) is 0 Å². The van der Waals surface area contributed by atoms with Gasteiger partial charge in [-0.2, -0.15) is 0 Å². The highest BCUT2D eigenvalue weighted by molar-refractivity contribution is 7.71. The lowest BCUT2D eigenvalue weighted by molar-refractivity contribution is 0.620. The van der Waals surface area contributed by atoms with E-state index in [1.807, 2.05) is 17.6 Å². The summed E-state index contributed by atoms with van der Waals surface area (Å²) < 4.78 is 15.8. The van der Waals surface area contributed by atoms with E-state index in [9.17, 15) is 4.39 Å². The van der Waals surface area contributed by atoms with Gasteiger partial charge in [0.1, 0.15) is 5.82 Å². The first-order valence-corrected chi connectivity index (χ1v) is 4.93. The zero-order valence-electron chi connectivity index (χ0n) is 8.10. The first-order chi connectivity index (χ1) is 6.63. The summed E-state index contributed by atoms with van der Waals surface area (Å²) in [6.07, 6.45) is 0. The van der Waals surface area contributed by atoms with Gasteiger partial charge in [-0.05, 0) is 43.8 Å². The number of fused-ring (bicyclic) bond motifs is 1. The number of halogens is 1. The molecule has 0 unspecified atom stereocenters. The summed E-state index contributed by atoms with van der Waals surface area (Å²) in [5.41, 5.74) is 2.38. The molecule has 1 aromatic heterocycles. The Labute approximate surface area is 86.4 Å². The third-order valence-electron chi connectivity index (χ3n) is 2.37. The summed E-state index contributed by atoms with van der Waals surface area (Å²) >= 11 is 5.12. The third kappa shape index (κ3) is 1.26. The minimum atomic E-state index is -0.197. The van der Waals surface area contributed by atoms with Crippen LogP contribution < -0.4 is 0 Å². The fourth-order valence-corrected chi connectivity index (χ4v) is 1.93. The van der Waals surface area contributed by atoms with Crippen molar-refractivity contribution in [3.63, 3.8) is 0 Å². The Morgan fingerprint density at radius 2 is 2.21 bits per heavy atom. The van der Waals surface area contributed by atoms with Crippen molar-refractivity contribution in [2.45, 2.75) is 20.4 Å². The average Bonchev–Trinajstić information content (AvgIpc) is 2.42. The lowest BCUT2D eigenvalue weighted by Crippen LogP contribution is -1.93. The van der Waals surface area contributed by atoms with Gasteiger partial charge in [0.25, 0.3) is 0 Å². The smallest absolute Gasteiger partial charge is 0.178 e. The van der Waals surface area contributed by atoms with Gasteiger partial charge in [0.15, 0.2) is 4.77 Å². The van der Waals surface area contributed by atoms with Crippen molar-refractivity contribution in [1.82, 2.24) is 9.55 Å². The van der Waals surface area contributed by atoms with Gasteiger partial charge < -0.3 is 9.55 Å². The Balaban J connectivity index is 2.89. The largest absolute Gasteiger partial charge is 0.330 e. The normalized spacial score (nSPS) is 11.1. The molecule has 0 saturated carbocycles. The second-order valence-electron chi connectivity index (χ2n) is 3.29. The number of aromatic amines is 1.